The molecule has 2 aromatic carbocycles. The highest BCUT2D eigenvalue weighted by Crippen LogP contribution is 2.32. The Labute approximate surface area is 236 Å². The Kier molecular flexibility index (Phi) is 8.14. The Morgan fingerprint density at radius 1 is 1.02 bits per heavy atom. The van der Waals surface area contributed by atoms with Gasteiger partial charge in [0.25, 0.3) is 5.91 Å². The number of rotatable bonds is 8. The van der Waals surface area contributed by atoms with Crippen molar-refractivity contribution in [3.05, 3.63) is 83.2 Å². The van der Waals surface area contributed by atoms with Gasteiger partial charge in [-0.3, -0.25) is 14.6 Å². The molecule has 3 aromatic rings. The van der Waals surface area contributed by atoms with E-state index >= 15 is 0 Å². The first-order valence-electron chi connectivity index (χ1n) is 13.6. The minimum Gasteiger partial charge on any atom is -0.465 e. The van der Waals surface area contributed by atoms with Gasteiger partial charge in [-0.2, -0.15) is 0 Å². The summed E-state index contributed by atoms with van der Waals surface area (Å²) in [5.41, 5.74) is 2.67. The topological polar surface area (TPSA) is 115 Å². The number of amides is 3. The molecule has 0 radical (unpaired) electrons. The third kappa shape index (κ3) is 6.62. The van der Waals surface area contributed by atoms with Gasteiger partial charge in [0, 0.05) is 62.2 Å². The molecule has 0 spiro atoms. The molecule has 9 nitrogen and oxygen atoms in total. The highest BCUT2D eigenvalue weighted by molar-refractivity contribution is 5.93. The van der Waals surface area contributed by atoms with Gasteiger partial charge < -0.3 is 25.5 Å². The average molecular weight is 564 g/mol. The van der Waals surface area contributed by atoms with Crippen molar-refractivity contribution >= 4 is 23.6 Å². The number of pyridine rings is 1. The van der Waals surface area contributed by atoms with Crippen LogP contribution in [0, 0.1) is 17.6 Å². The van der Waals surface area contributed by atoms with Crippen LogP contribution in [0.25, 0.3) is 11.1 Å². The van der Waals surface area contributed by atoms with Crippen molar-refractivity contribution in [2.75, 3.05) is 31.1 Å². The van der Waals surface area contributed by atoms with Gasteiger partial charge in [0.05, 0.1) is 6.04 Å². The Balaban J connectivity index is 1.23. The number of anilines is 1. The molecular formula is C30H31F2N5O4. The van der Waals surface area contributed by atoms with Crippen LogP contribution in [0.4, 0.5) is 19.3 Å². The van der Waals surface area contributed by atoms with Crippen molar-refractivity contribution in [1.29, 1.82) is 0 Å². The van der Waals surface area contributed by atoms with Gasteiger partial charge >= 0.3 is 6.09 Å². The van der Waals surface area contributed by atoms with Gasteiger partial charge in [0.2, 0.25) is 5.91 Å². The van der Waals surface area contributed by atoms with E-state index in [-0.39, 0.29) is 41.1 Å². The molecule has 41 heavy (non-hydrogen) atoms. The fourth-order valence-corrected chi connectivity index (χ4v) is 5.02. The second kappa shape index (κ2) is 11.9. The second-order valence-electron chi connectivity index (χ2n) is 10.4. The first-order chi connectivity index (χ1) is 19.7. The number of halogens is 2. The monoisotopic (exact) mass is 563 g/mol. The maximum Gasteiger partial charge on any atom is 0.404 e. The minimum absolute atomic E-state index is 0.0322. The molecule has 0 unspecified atom stereocenters. The van der Waals surface area contributed by atoms with E-state index in [0.717, 1.165) is 30.2 Å². The summed E-state index contributed by atoms with van der Waals surface area (Å²) in [7, 11) is 0. The zero-order valence-corrected chi connectivity index (χ0v) is 22.6. The lowest BCUT2D eigenvalue weighted by molar-refractivity contribution is -0.132. The summed E-state index contributed by atoms with van der Waals surface area (Å²) in [4.78, 5) is 44.6. The van der Waals surface area contributed by atoms with Crippen molar-refractivity contribution in [2.24, 2.45) is 5.92 Å². The van der Waals surface area contributed by atoms with Gasteiger partial charge in [-0.25, -0.2) is 13.6 Å². The Morgan fingerprint density at radius 3 is 2.39 bits per heavy atom. The molecule has 5 rings (SSSR count). The van der Waals surface area contributed by atoms with E-state index in [2.05, 4.69) is 20.5 Å². The van der Waals surface area contributed by atoms with Crippen molar-refractivity contribution in [2.45, 2.75) is 32.4 Å². The van der Waals surface area contributed by atoms with E-state index in [1.165, 1.54) is 0 Å². The number of hydrogen-bond acceptors (Lipinski definition) is 5. The molecule has 1 saturated carbocycles. The predicted molar refractivity (Wildman–Crippen MR) is 148 cm³/mol. The first-order valence-corrected chi connectivity index (χ1v) is 13.6. The largest absolute Gasteiger partial charge is 0.465 e. The number of carboxylic acid groups (broad SMARTS) is 1. The van der Waals surface area contributed by atoms with Crippen LogP contribution in [0.2, 0.25) is 0 Å². The van der Waals surface area contributed by atoms with Crippen LogP contribution in [0.15, 0.2) is 54.7 Å². The molecule has 1 atom stereocenters. The van der Waals surface area contributed by atoms with Crippen LogP contribution >= 0.6 is 0 Å². The maximum atomic E-state index is 14.4. The lowest BCUT2D eigenvalue weighted by atomic mass is 9.96. The molecule has 1 saturated heterocycles. The molecule has 3 N–H and O–H groups in total. The van der Waals surface area contributed by atoms with Crippen molar-refractivity contribution in [3.63, 3.8) is 0 Å². The molecular weight excluding hydrogens is 532 g/mol. The molecule has 1 aromatic heterocycles. The molecule has 1 aliphatic carbocycles. The van der Waals surface area contributed by atoms with Crippen LogP contribution < -0.4 is 15.5 Å². The van der Waals surface area contributed by atoms with E-state index < -0.39 is 23.8 Å². The van der Waals surface area contributed by atoms with Crippen LogP contribution in [0.3, 0.4) is 0 Å². The molecule has 2 aliphatic rings. The highest BCUT2D eigenvalue weighted by Gasteiger charge is 2.34. The normalized spacial score (nSPS) is 15.8. The number of hydrogen-bond donors (Lipinski definition) is 3. The highest BCUT2D eigenvalue weighted by atomic mass is 19.1. The number of carbonyl (C=O) groups is 3. The number of nitrogens with zero attached hydrogens (tertiary/aromatic N) is 3. The molecule has 1 aliphatic heterocycles. The lowest BCUT2D eigenvalue weighted by Gasteiger charge is -2.36. The third-order valence-electron chi connectivity index (χ3n) is 7.51. The van der Waals surface area contributed by atoms with Crippen LogP contribution in [-0.4, -0.2) is 59.1 Å². The molecule has 11 heteroatoms. The van der Waals surface area contributed by atoms with Crippen molar-refractivity contribution in [1.82, 2.24) is 20.5 Å². The smallest absolute Gasteiger partial charge is 0.404 e. The number of benzene rings is 2. The Bertz CT molecular complexity index is 1450. The number of aromatic nitrogens is 1. The SMILES string of the molecule is C[C@@H](NC(=O)c1cc(N2CCN(C(=O)C3CC3)CC2)ccn1)c1ccc(-c2cc(F)cc(F)c2CNC(=O)O)cc1. The van der Waals surface area contributed by atoms with Crippen molar-refractivity contribution in [3.8, 4) is 11.1 Å². The zero-order chi connectivity index (χ0) is 29.1. The van der Waals surface area contributed by atoms with Crippen molar-refractivity contribution < 1.29 is 28.3 Å². The predicted octanol–water partition coefficient (Wildman–Crippen LogP) is 4.34. The van der Waals surface area contributed by atoms with Gasteiger partial charge in [-0.15, -0.1) is 0 Å². The fraction of sp³-hybridized carbons (Fsp3) is 0.333. The minimum atomic E-state index is -1.32. The van der Waals surface area contributed by atoms with E-state index in [1.807, 2.05) is 17.9 Å². The van der Waals surface area contributed by atoms with Gasteiger partial charge in [-0.1, -0.05) is 24.3 Å². The first kappa shape index (κ1) is 28.0. The molecule has 2 heterocycles. The summed E-state index contributed by atoms with van der Waals surface area (Å²) >= 11 is 0. The fourth-order valence-electron chi connectivity index (χ4n) is 5.02. The summed E-state index contributed by atoms with van der Waals surface area (Å²) in [6.45, 7) is 4.20. The van der Waals surface area contributed by atoms with Crippen LogP contribution in [0.1, 0.15) is 47.4 Å². The Hall–Kier alpha value is -4.54. The average Bonchev–Trinajstić information content (AvgIpc) is 3.82. The lowest BCUT2D eigenvalue weighted by Crippen LogP contribution is -2.49. The van der Waals surface area contributed by atoms with Crippen LogP contribution in [-0.2, 0) is 11.3 Å². The third-order valence-corrected chi connectivity index (χ3v) is 7.51. The van der Waals surface area contributed by atoms with E-state index in [9.17, 15) is 23.2 Å². The van der Waals surface area contributed by atoms with Gasteiger partial charge in [-0.05, 0) is 54.7 Å². The summed E-state index contributed by atoms with van der Waals surface area (Å²) in [5.74, 6) is -1.51. The maximum absolute atomic E-state index is 14.4. The zero-order valence-electron chi connectivity index (χ0n) is 22.6. The summed E-state index contributed by atoms with van der Waals surface area (Å²) < 4.78 is 28.4. The molecule has 214 valence electrons. The summed E-state index contributed by atoms with van der Waals surface area (Å²) in [5, 5.41) is 14.0. The van der Waals surface area contributed by atoms with E-state index in [1.54, 1.807) is 36.5 Å². The molecule has 2 fully saturated rings. The Morgan fingerprint density at radius 2 is 1.73 bits per heavy atom. The number of piperazine rings is 1. The van der Waals surface area contributed by atoms with E-state index in [4.69, 9.17) is 5.11 Å². The molecule has 0 bridgehead atoms. The van der Waals surface area contributed by atoms with Gasteiger partial charge in [0.15, 0.2) is 0 Å². The van der Waals surface area contributed by atoms with Gasteiger partial charge in [0.1, 0.15) is 17.3 Å². The van der Waals surface area contributed by atoms with Crippen LogP contribution in [0.5, 0.6) is 0 Å². The quantitative estimate of drug-likeness (QED) is 0.376. The number of nitrogens with one attached hydrogen (secondary N) is 2. The standard InChI is InChI=1S/C30H31F2N5O4/c1-18(19-2-4-20(5-3-19)24-14-22(31)15-26(32)25(24)17-34-30(40)41)35-28(38)27-16-23(8-9-33-27)36-10-12-37(13-11-36)29(39)21-6-7-21/h2-5,8-9,14-16,18,21,34H,6-7,10-13,17H2,1H3,(H,35,38)(H,40,41)/t18-/m1/s1. The summed E-state index contributed by atoms with van der Waals surface area (Å²) in [6.07, 6.45) is 2.26. The molecule has 3 amide bonds. The second-order valence-corrected chi connectivity index (χ2v) is 10.4. The summed E-state index contributed by atoms with van der Waals surface area (Å²) in [6, 6.07) is 11.9. The number of carbonyl (C=O) groups excluding carboxylic acids is 2. The van der Waals surface area contributed by atoms with E-state index in [0.29, 0.717) is 37.8 Å².